The fraction of sp³-hybridized carbons (Fsp3) is 0.219. The summed E-state index contributed by atoms with van der Waals surface area (Å²) in [4.78, 5) is 27.8. The number of anilines is 3. The Morgan fingerprint density at radius 3 is 2.41 bits per heavy atom. The Hall–Kier alpha value is -4.76. The lowest BCUT2D eigenvalue weighted by molar-refractivity contribution is 0.255. The molecule has 2 heterocycles. The highest BCUT2D eigenvalue weighted by atomic mass is 19.1. The molecule has 0 spiro atoms. The predicted octanol–water partition coefficient (Wildman–Crippen LogP) is 6.56. The first-order valence-corrected chi connectivity index (χ1v) is 13.6. The summed E-state index contributed by atoms with van der Waals surface area (Å²) in [5.41, 5.74) is 3.86. The lowest BCUT2D eigenvalue weighted by Crippen LogP contribution is -2.43. The number of carbonyl (C=O) groups excluding carboxylic acids is 1. The third-order valence-electron chi connectivity index (χ3n) is 7.09. The van der Waals surface area contributed by atoms with Crippen molar-refractivity contribution in [1.82, 2.24) is 15.3 Å². The van der Waals surface area contributed by atoms with Crippen molar-refractivity contribution in [3.05, 3.63) is 103 Å². The number of rotatable bonds is 8. The van der Waals surface area contributed by atoms with Gasteiger partial charge in [0.2, 0.25) is 0 Å². The summed E-state index contributed by atoms with van der Waals surface area (Å²) in [5, 5.41) is 3.35. The summed E-state index contributed by atoms with van der Waals surface area (Å²) < 4.78 is 20.8. The molecule has 5 rings (SSSR count). The lowest BCUT2D eigenvalue weighted by atomic mass is 10.1. The largest absolute Gasteiger partial charge is 0.457 e. The topological polar surface area (TPSA) is 73.8 Å². The number of hydrogen-bond donors (Lipinski definition) is 1. The van der Waals surface area contributed by atoms with E-state index in [4.69, 9.17) is 9.72 Å². The van der Waals surface area contributed by atoms with Crippen molar-refractivity contribution in [1.29, 1.82) is 0 Å². The van der Waals surface area contributed by atoms with E-state index in [1.165, 1.54) is 28.3 Å². The van der Waals surface area contributed by atoms with Gasteiger partial charge in [-0.3, -0.25) is 14.8 Å². The predicted molar refractivity (Wildman–Crippen MR) is 162 cm³/mol. The Labute approximate surface area is 239 Å². The number of nitrogens with one attached hydrogen (secondary N) is 1. The van der Waals surface area contributed by atoms with Gasteiger partial charge in [0.15, 0.2) is 0 Å². The Balaban J connectivity index is 1.40. The molecular weight excluding hydrogens is 519 g/mol. The average molecular weight is 553 g/mol. The molecule has 1 fully saturated rings. The Bertz CT molecular complexity index is 1600. The van der Waals surface area contributed by atoms with Crippen LogP contribution in [0.1, 0.15) is 18.1 Å². The Morgan fingerprint density at radius 2 is 1.73 bits per heavy atom. The molecular formula is C32H33FN6O2. The Morgan fingerprint density at radius 1 is 1.02 bits per heavy atom. The van der Waals surface area contributed by atoms with E-state index in [-0.39, 0.29) is 5.82 Å². The van der Waals surface area contributed by atoms with Crippen LogP contribution in [-0.2, 0) is 6.42 Å². The summed E-state index contributed by atoms with van der Waals surface area (Å²) >= 11 is 0. The number of aryl methyl sites for hydroxylation is 2. The minimum Gasteiger partial charge on any atom is -0.457 e. The van der Waals surface area contributed by atoms with Crippen LogP contribution in [0.15, 0.2) is 86.4 Å². The number of urea groups is 1. The highest BCUT2D eigenvalue weighted by Crippen LogP contribution is 2.32. The number of amides is 2. The van der Waals surface area contributed by atoms with Crippen molar-refractivity contribution in [3.63, 3.8) is 0 Å². The molecule has 1 aliphatic rings. The molecule has 41 heavy (non-hydrogen) atoms. The molecule has 0 atom stereocenters. The van der Waals surface area contributed by atoms with Gasteiger partial charge >= 0.3 is 6.03 Å². The average Bonchev–Trinajstić information content (AvgIpc) is 2.99. The highest BCUT2D eigenvalue weighted by Gasteiger charge is 2.22. The molecule has 1 saturated heterocycles. The normalized spacial score (nSPS) is 13.1. The molecule has 3 aromatic carbocycles. The molecule has 210 valence electrons. The van der Waals surface area contributed by atoms with Gasteiger partial charge in [-0.25, -0.2) is 14.2 Å². The van der Waals surface area contributed by atoms with Crippen molar-refractivity contribution >= 4 is 34.3 Å². The molecule has 0 radical (unpaired) electrons. The van der Waals surface area contributed by atoms with Crippen LogP contribution in [0.3, 0.4) is 0 Å². The molecule has 8 nitrogen and oxygen atoms in total. The van der Waals surface area contributed by atoms with Gasteiger partial charge < -0.3 is 15.0 Å². The summed E-state index contributed by atoms with van der Waals surface area (Å²) in [6.07, 6.45) is 5.13. The fourth-order valence-electron chi connectivity index (χ4n) is 4.74. The molecule has 1 aromatic heterocycles. The maximum absolute atomic E-state index is 14.5. The fourth-order valence-corrected chi connectivity index (χ4v) is 4.74. The first-order valence-electron chi connectivity index (χ1n) is 13.6. The SMILES string of the molecule is C=CN(C(=O)N(C=C)c1ccc(C)c(Oc2ccc3ncc(N4CCNCC4)nc3c2)c1)c1ccc(CC)c(F)c1. The second kappa shape index (κ2) is 12.2. The van der Waals surface area contributed by atoms with Crippen LogP contribution < -0.4 is 24.8 Å². The van der Waals surface area contributed by atoms with E-state index < -0.39 is 6.03 Å². The van der Waals surface area contributed by atoms with Crippen LogP contribution in [0.5, 0.6) is 11.5 Å². The van der Waals surface area contributed by atoms with Crippen LogP contribution in [0, 0.1) is 12.7 Å². The van der Waals surface area contributed by atoms with E-state index in [2.05, 4.69) is 28.4 Å². The number of carbonyl (C=O) groups is 1. The van der Waals surface area contributed by atoms with Crippen molar-refractivity contribution in [3.8, 4) is 11.5 Å². The second-order valence-corrected chi connectivity index (χ2v) is 9.68. The summed E-state index contributed by atoms with van der Waals surface area (Å²) in [5.74, 6) is 1.63. The zero-order valence-electron chi connectivity index (χ0n) is 23.3. The van der Waals surface area contributed by atoms with E-state index in [0.29, 0.717) is 34.9 Å². The first-order chi connectivity index (χ1) is 19.9. The molecule has 0 saturated carbocycles. The van der Waals surface area contributed by atoms with Crippen LogP contribution >= 0.6 is 0 Å². The third kappa shape index (κ3) is 5.90. The van der Waals surface area contributed by atoms with Gasteiger partial charge in [-0.2, -0.15) is 0 Å². The maximum Gasteiger partial charge on any atom is 0.337 e. The van der Waals surface area contributed by atoms with E-state index in [1.54, 1.807) is 24.3 Å². The molecule has 9 heteroatoms. The van der Waals surface area contributed by atoms with Gasteiger partial charge in [0.05, 0.1) is 28.6 Å². The zero-order valence-corrected chi connectivity index (χ0v) is 23.3. The maximum atomic E-state index is 14.5. The van der Waals surface area contributed by atoms with E-state index >= 15 is 0 Å². The van der Waals surface area contributed by atoms with Gasteiger partial charge in [0.25, 0.3) is 0 Å². The zero-order chi connectivity index (χ0) is 28.9. The van der Waals surface area contributed by atoms with E-state index in [9.17, 15) is 9.18 Å². The van der Waals surface area contributed by atoms with Gasteiger partial charge in [-0.05, 0) is 54.8 Å². The quantitative estimate of drug-likeness (QED) is 0.267. The van der Waals surface area contributed by atoms with Crippen LogP contribution in [0.2, 0.25) is 0 Å². The molecule has 0 unspecified atom stereocenters. The number of aromatic nitrogens is 2. The number of piperazine rings is 1. The molecule has 0 aliphatic carbocycles. The number of halogens is 1. The van der Waals surface area contributed by atoms with Gasteiger partial charge in [0.1, 0.15) is 23.1 Å². The molecule has 4 aromatic rings. The monoisotopic (exact) mass is 552 g/mol. The third-order valence-corrected chi connectivity index (χ3v) is 7.09. The number of hydrogen-bond acceptors (Lipinski definition) is 6. The highest BCUT2D eigenvalue weighted by molar-refractivity contribution is 6.06. The number of nitrogens with zero attached hydrogens (tertiary/aromatic N) is 5. The Kier molecular flexibility index (Phi) is 8.26. The minimum absolute atomic E-state index is 0.368. The molecule has 2 amide bonds. The smallest absolute Gasteiger partial charge is 0.337 e. The second-order valence-electron chi connectivity index (χ2n) is 9.68. The van der Waals surface area contributed by atoms with Gasteiger partial charge in [-0.1, -0.05) is 32.2 Å². The summed E-state index contributed by atoms with van der Waals surface area (Å²) in [6.45, 7) is 15.0. The number of benzene rings is 3. The lowest BCUT2D eigenvalue weighted by Gasteiger charge is -2.28. The van der Waals surface area contributed by atoms with Gasteiger partial charge in [-0.15, -0.1) is 0 Å². The number of ether oxygens (including phenoxy) is 1. The minimum atomic E-state index is -0.463. The van der Waals surface area contributed by atoms with Crippen molar-refractivity contribution < 1.29 is 13.9 Å². The molecule has 1 aliphatic heterocycles. The standard InChI is InChI=1S/C32H33FN6O2/c1-5-23-9-11-24(18-27(23)33)38(6-2)32(40)39(7-3)25-10-8-22(4)30(19-25)41-26-12-13-28-29(20-26)36-31(21-35-28)37-16-14-34-15-17-37/h6-13,18-21,34H,2-3,5,14-17H2,1,4H3. The van der Waals surface area contributed by atoms with Crippen LogP contribution in [-0.4, -0.2) is 42.2 Å². The van der Waals surface area contributed by atoms with Crippen molar-refractivity contribution in [2.45, 2.75) is 20.3 Å². The van der Waals surface area contributed by atoms with Gasteiger partial charge in [0, 0.05) is 50.7 Å². The van der Waals surface area contributed by atoms with Crippen LogP contribution in [0.25, 0.3) is 11.0 Å². The first kappa shape index (κ1) is 27.8. The van der Waals surface area contributed by atoms with Crippen molar-refractivity contribution in [2.75, 3.05) is 40.9 Å². The number of fused-ring (bicyclic) bond motifs is 1. The summed E-state index contributed by atoms with van der Waals surface area (Å²) in [6, 6.07) is 15.3. The van der Waals surface area contributed by atoms with E-state index in [0.717, 1.165) is 48.6 Å². The van der Waals surface area contributed by atoms with Crippen LogP contribution in [0.4, 0.5) is 26.4 Å². The summed E-state index contributed by atoms with van der Waals surface area (Å²) in [7, 11) is 0. The molecule has 0 bridgehead atoms. The van der Waals surface area contributed by atoms with E-state index in [1.807, 2.05) is 44.3 Å². The van der Waals surface area contributed by atoms with Crippen molar-refractivity contribution in [2.24, 2.45) is 0 Å². The molecule has 1 N–H and O–H groups in total.